The van der Waals surface area contributed by atoms with Crippen LogP contribution in [-0.4, -0.2) is 25.2 Å². The second kappa shape index (κ2) is 3.29. The van der Waals surface area contributed by atoms with Crippen LogP contribution in [0.3, 0.4) is 0 Å². The maximum Gasteiger partial charge on any atom is 0.162 e. The highest BCUT2D eigenvalue weighted by atomic mass is 16.3. The van der Waals surface area contributed by atoms with Gasteiger partial charge in [0.2, 0.25) is 0 Å². The fourth-order valence-corrected chi connectivity index (χ4v) is 1.05. The van der Waals surface area contributed by atoms with Gasteiger partial charge in [-0.25, -0.2) is 15.0 Å². The first kappa shape index (κ1) is 8.43. The predicted molar refractivity (Wildman–Crippen MR) is 48.6 cm³/mol. The molecule has 1 aromatic heterocycles. The van der Waals surface area contributed by atoms with Crippen LogP contribution in [0, 0.1) is 0 Å². The van der Waals surface area contributed by atoms with Crippen molar-refractivity contribution >= 4 is 0 Å². The lowest BCUT2D eigenvalue weighted by atomic mass is 10.2. The van der Waals surface area contributed by atoms with Gasteiger partial charge in [0.15, 0.2) is 17.3 Å². The number of nitrogens with zero attached hydrogens (tertiary/aromatic N) is 3. The molecule has 0 aliphatic rings. The molecule has 14 heavy (non-hydrogen) atoms. The van der Waals surface area contributed by atoms with Crippen molar-refractivity contribution in [3.63, 3.8) is 0 Å². The fourth-order valence-electron chi connectivity index (χ4n) is 1.05. The van der Waals surface area contributed by atoms with Gasteiger partial charge in [0.05, 0.1) is 0 Å². The molecule has 5 nitrogen and oxygen atoms in total. The van der Waals surface area contributed by atoms with Gasteiger partial charge >= 0.3 is 0 Å². The quantitative estimate of drug-likeness (QED) is 0.653. The van der Waals surface area contributed by atoms with Crippen molar-refractivity contribution in [2.24, 2.45) is 0 Å². The van der Waals surface area contributed by atoms with Crippen LogP contribution < -0.4 is 0 Å². The van der Waals surface area contributed by atoms with E-state index in [2.05, 4.69) is 15.0 Å². The summed E-state index contributed by atoms with van der Waals surface area (Å²) in [6.07, 6.45) is 2.73. The van der Waals surface area contributed by atoms with Gasteiger partial charge in [0.25, 0.3) is 0 Å². The van der Waals surface area contributed by atoms with Crippen molar-refractivity contribution in [2.75, 3.05) is 0 Å². The summed E-state index contributed by atoms with van der Waals surface area (Å²) in [6, 6.07) is 4.39. The van der Waals surface area contributed by atoms with Crippen LogP contribution in [0.25, 0.3) is 11.4 Å². The molecule has 0 radical (unpaired) electrons. The van der Waals surface area contributed by atoms with Crippen molar-refractivity contribution in [3.05, 3.63) is 30.9 Å². The zero-order valence-corrected chi connectivity index (χ0v) is 7.12. The summed E-state index contributed by atoms with van der Waals surface area (Å²) in [5.74, 6) is 0.0982. The summed E-state index contributed by atoms with van der Waals surface area (Å²) in [6.45, 7) is 0. The van der Waals surface area contributed by atoms with E-state index in [1.54, 1.807) is 6.07 Å². The highest BCUT2D eigenvalue weighted by molar-refractivity contribution is 5.59. The first-order chi connectivity index (χ1) is 6.77. The summed E-state index contributed by atoms with van der Waals surface area (Å²) in [5.41, 5.74) is 0.628. The third-order valence-electron chi connectivity index (χ3n) is 1.73. The molecule has 2 aromatic rings. The summed E-state index contributed by atoms with van der Waals surface area (Å²) in [7, 11) is 0. The summed E-state index contributed by atoms with van der Waals surface area (Å²) < 4.78 is 0. The summed E-state index contributed by atoms with van der Waals surface area (Å²) >= 11 is 0. The minimum Gasteiger partial charge on any atom is -0.504 e. The van der Waals surface area contributed by atoms with E-state index in [1.165, 1.54) is 24.8 Å². The molecule has 0 unspecified atom stereocenters. The number of aromatic hydroxyl groups is 2. The molecule has 2 N–H and O–H groups in total. The second-order valence-corrected chi connectivity index (χ2v) is 2.67. The highest BCUT2D eigenvalue weighted by Crippen LogP contribution is 2.28. The van der Waals surface area contributed by atoms with Crippen molar-refractivity contribution in [3.8, 4) is 22.9 Å². The number of rotatable bonds is 1. The SMILES string of the molecule is Oc1ccc(-c2ncncn2)cc1O. The molecule has 0 amide bonds. The molecule has 0 saturated heterocycles. The van der Waals surface area contributed by atoms with Crippen LogP contribution in [0.5, 0.6) is 11.5 Å². The van der Waals surface area contributed by atoms with Gasteiger partial charge in [0, 0.05) is 5.56 Å². The van der Waals surface area contributed by atoms with Gasteiger partial charge < -0.3 is 10.2 Å². The van der Waals surface area contributed by atoms with Gasteiger partial charge in [-0.1, -0.05) is 0 Å². The number of benzene rings is 1. The molecular weight excluding hydrogens is 182 g/mol. The topological polar surface area (TPSA) is 79.1 Å². The average Bonchev–Trinajstić information content (AvgIpc) is 2.23. The largest absolute Gasteiger partial charge is 0.504 e. The Kier molecular flexibility index (Phi) is 1.98. The van der Waals surface area contributed by atoms with E-state index in [0.717, 1.165) is 0 Å². The molecule has 1 aromatic carbocycles. The monoisotopic (exact) mass is 189 g/mol. The number of phenolic OH excluding ortho intramolecular Hbond substituents is 2. The third kappa shape index (κ3) is 1.47. The molecule has 0 fully saturated rings. The maximum absolute atomic E-state index is 9.24. The first-order valence-electron chi connectivity index (χ1n) is 3.92. The predicted octanol–water partition coefficient (Wildman–Crippen LogP) is 0.950. The minimum atomic E-state index is -0.192. The molecule has 0 aliphatic carbocycles. The molecule has 0 bridgehead atoms. The van der Waals surface area contributed by atoms with Gasteiger partial charge in [-0.15, -0.1) is 0 Å². The lowest BCUT2D eigenvalue weighted by Gasteiger charge is -2.00. The van der Waals surface area contributed by atoms with Gasteiger partial charge in [-0.3, -0.25) is 0 Å². The second-order valence-electron chi connectivity index (χ2n) is 2.67. The standard InChI is InChI=1S/C9H7N3O2/c13-7-2-1-6(3-8(7)14)9-11-4-10-5-12-9/h1-5,13-14H. The van der Waals surface area contributed by atoms with Crippen molar-refractivity contribution < 1.29 is 10.2 Å². The number of hydrogen-bond donors (Lipinski definition) is 2. The molecule has 0 aliphatic heterocycles. The Morgan fingerprint density at radius 1 is 0.929 bits per heavy atom. The molecule has 0 atom stereocenters. The third-order valence-corrected chi connectivity index (χ3v) is 1.73. The normalized spacial score (nSPS) is 10.0. The number of aromatic nitrogens is 3. The van der Waals surface area contributed by atoms with Crippen molar-refractivity contribution in [2.45, 2.75) is 0 Å². The van der Waals surface area contributed by atoms with Gasteiger partial charge in [-0.2, -0.15) is 0 Å². The van der Waals surface area contributed by atoms with Crippen LogP contribution in [0.15, 0.2) is 30.9 Å². The average molecular weight is 189 g/mol. The lowest BCUT2D eigenvalue weighted by Crippen LogP contribution is -1.88. The number of phenols is 2. The Hall–Kier alpha value is -2.17. The molecule has 5 heteroatoms. The molecular formula is C9H7N3O2. The van der Waals surface area contributed by atoms with Gasteiger partial charge in [0.1, 0.15) is 12.7 Å². The summed E-state index contributed by atoms with van der Waals surface area (Å²) in [4.78, 5) is 11.5. The van der Waals surface area contributed by atoms with Crippen LogP contribution in [-0.2, 0) is 0 Å². The Labute approximate surface area is 79.7 Å². The van der Waals surface area contributed by atoms with Crippen molar-refractivity contribution in [1.82, 2.24) is 15.0 Å². The Morgan fingerprint density at radius 3 is 2.29 bits per heavy atom. The first-order valence-corrected chi connectivity index (χ1v) is 3.92. The zero-order chi connectivity index (χ0) is 9.97. The Balaban J connectivity index is 2.48. The van der Waals surface area contributed by atoms with Crippen LogP contribution in [0.2, 0.25) is 0 Å². The summed E-state index contributed by atoms with van der Waals surface area (Å²) in [5, 5.41) is 18.3. The van der Waals surface area contributed by atoms with E-state index in [9.17, 15) is 5.11 Å². The lowest BCUT2D eigenvalue weighted by molar-refractivity contribution is 0.404. The van der Waals surface area contributed by atoms with E-state index >= 15 is 0 Å². The van der Waals surface area contributed by atoms with Gasteiger partial charge in [-0.05, 0) is 18.2 Å². The maximum atomic E-state index is 9.24. The zero-order valence-electron chi connectivity index (χ0n) is 7.12. The van der Waals surface area contributed by atoms with Crippen molar-refractivity contribution in [1.29, 1.82) is 0 Å². The minimum absolute atomic E-state index is 0.164. The van der Waals surface area contributed by atoms with Crippen LogP contribution in [0.4, 0.5) is 0 Å². The van der Waals surface area contributed by atoms with E-state index in [1.807, 2.05) is 0 Å². The smallest absolute Gasteiger partial charge is 0.162 e. The molecule has 1 heterocycles. The Bertz CT molecular complexity index is 445. The van der Waals surface area contributed by atoms with E-state index in [-0.39, 0.29) is 11.5 Å². The highest BCUT2D eigenvalue weighted by Gasteiger charge is 2.04. The van der Waals surface area contributed by atoms with Crippen LogP contribution >= 0.6 is 0 Å². The van der Waals surface area contributed by atoms with E-state index in [4.69, 9.17) is 5.11 Å². The van der Waals surface area contributed by atoms with E-state index in [0.29, 0.717) is 11.4 Å². The van der Waals surface area contributed by atoms with Crippen LogP contribution in [0.1, 0.15) is 0 Å². The molecule has 2 rings (SSSR count). The molecule has 0 saturated carbocycles. The molecule has 70 valence electrons. The number of hydrogen-bond acceptors (Lipinski definition) is 5. The van der Waals surface area contributed by atoms with E-state index < -0.39 is 0 Å². The molecule has 0 spiro atoms. The Morgan fingerprint density at radius 2 is 1.64 bits per heavy atom. The fraction of sp³-hybridized carbons (Fsp3) is 0.